The topological polar surface area (TPSA) is 82.1 Å². The molecule has 2 aliphatic carbocycles. The van der Waals surface area contributed by atoms with Crippen LogP contribution in [-0.4, -0.2) is 59.8 Å². The molecule has 2 bridgehead atoms. The van der Waals surface area contributed by atoms with Crippen molar-refractivity contribution in [2.24, 2.45) is 0 Å². The molecule has 7 nitrogen and oxygen atoms in total. The first-order valence-electron chi connectivity index (χ1n) is 11.7. The highest BCUT2D eigenvalue weighted by molar-refractivity contribution is 6.23. The average Bonchev–Trinajstić information content (AvgIpc) is 3.06. The molecule has 1 spiro atoms. The van der Waals surface area contributed by atoms with E-state index in [1.807, 2.05) is 30.3 Å². The third-order valence-corrected chi connectivity index (χ3v) is 8.76. The third-order valence-electron chi connectivity index (χ3n) is 8.76. The smallest absolute Gasteiger partial charge is 0.329 e. The summed E-state index contributed by atoms with van der Waals surface area (Å²) >= 11 is 0. The number of para-hydroxylation sites is 1. The number of ether oxygens (including phenoxy) is 1. The minimum absolute atomic E-state index is 0.0260. The number of rotatable bonds is 2. The maximum absolute atomic E-state index is 13.9. The number of hydrogen-bond acceptors (Lipinski definition) is 5. The van der Waals surface area contributed by atoms with Gasteiger partial charge in [0.15, 0.2) is 0 Å². The zero-order valence-corrected chi connectivity index (χ0v) is 19.0. The van der Waals surface area contributed by atoms with Crippen molar-refractivity contribution in [1.29, 1.82) is 0 Å². The van der Waals surface area contributed by atoms with E-state index in [2.05, 4.69) is 23.3 Å². The molecular weight excluding hydrogens is 418 g/mol. The number of likely N-dealkylation sites (tertiary alicyclic amines) is 1. The SMILES string of the molecule is COc1ccc2c(c1)[C@]13CCN(C)[C@H](C2)[C@]1(O)CC[C@@]1(C3)NC(=O)N(c2ccccc2)C1=O. The van der Waals surface area contributed by atoms with Crippen LogP contribution < -0.4 is 15.0 Å². The number of carbonyl (C=O) groups excluding carboxylic acids is 2. The molecule has 0 unspecified atom stereocenters. The molecule has 3 fully saturated rings. The number of piperidine rings is 1. The lowest BCUT2D eigenvalue weighted by atomic mass is 9.46. The molecule has 2 N–H and O–H groups in total. The molecule has 33 heavy (non-hydrogen) atoms. The van der Waals surface area contributed by atoms with Gasteiger partial charge in [-0.05, 0) is 81.1 Å². The number of nitrogens with zero attached hydrogens (tertiary/aromatic N) is 2. The van der Waals surface area contributed by atoms with Gasteiger partial charge in [-0.1, -0.05) is 24.3 Å². The van der Waals surface area contributed by atoms with Gasteiger partial charge in [0.05, 0.1) is 18.4 Å². The number of fused-ring (bicyclic) bond motifs is 1. The van der Waals surface area contributed by atoms with Gasteiger partial charge in [0.2, 0.25) is 0 Å². The Kier molecular flexibility index (Phi) is 4.27. The minimum atomic E-state index is -1.03. The minimum Gasteiger partial charge on any atom is -0.497 e. The van der Waals surface area contributed by atoms with Gasteiger partial charge in [-0.25, -0.2) is 9.69 Å². The first-order valence-corrected chi connectivity index (χ1v) is 11.7. The first-order chi connectivity index (χ1) is 15.8. The summed E-state index contributed by atoms with van der Waals surface area (Å²) in [4.78, 5) is 30.5. The van der Waals surface area contributed by atoms with Gasteiger partial charge in [0, 0.05) is 11.5 Å². The molecule has 2 heterocycles. The van der Waals surface area contributed by atoms with E-state index in [0.29, 0.717) is 31.4 Å². The van der Waals surface area contributed by atoms with Crippen molar-refractivity contribution >= 4 is 17.6 Å². The lowest BCUT2D eigenvalue weighted by Gasteiger charge is -2.65. The van der Waals surface area contributed by atoms with Crippen molar-refractivity contribution in [3.05, 3.63) is 59.7 Å². The van der Waals surface area contributed by atoms with Crippen LogP contribution in [0, 0.1) is 0 Å². The highest BCUT2D eigenvalue weighted by atomic mass is 16.5. The summed E-state index contributed by atoms with van der Waals surface area (Å²) in [7, 11) is 3.72. The molecular formula is C26H29N3O4. The van der Waals surface area contributed by atoms with E-state index in [4.69, 9.17) is 4.74 Å². The molecule has 6 rings (SSSR count). The van der Waals surface area contributed by atoms with Crippen LogP contribution >= 0.6 is 0 Å². The summed E-state index contributed by atoms with van der Waals surface area (Å²) in [6.45, 7) is 0.824. The molecule has 4 atom stereocenters. The second kappa shape index (κ2) is 6.81. The van der Waals surface area contributed by atoms with Crippen LogP contribution in [0.1, 0.15) is 36.8 Å². The fraction of sp³-hybridized carbons (Fsp3) is 0.462. The molecule has 7 heteroatoms. The van der Waals surface area contributed by atoms with E-state index >= 15 is 0 Å². The van der Waals surface area contributed by atoms with Crippen LogP contribution in [0.3, 0.4) is 0 Å². The highest BCUT2D eigenvalue weighted by Gasteiger charge is 2.70. The largest absolute Gasteiger partial charge is 0.497 e. The van der Waals surface area contributed by atoms with E-state index in [0.717, 1.165) is 24.3 Å². The molecule has 2 saturated heterocycles. The van der Waals surface area contributed by atoms with Crippen LogP contribution in [0.5, 0.6) is 5.75 Å². The van der Waals surface area contributed by atoms with Gasteiger partial charge in [-0.3, -0.25) is 4.79 Å². The van der Waals surface area contributed by atoms with Gasteiger partial charge < -0.3 is 20.1 Å². The molecule has 2 aliphatic heterocycles. The fourth-order valence-electron chi connectivity index (χ4n) is 7.10. The van der Waals surface area contributed by atoms with Crippen molar-refractivity contribution in [2.75, 3.05) is 25.6 Å². The summed E-state index contributed by atoms with van der Waals surface area (Å²) in [6, 6.07) is 14.7. The van der Waals surface area contributed by atoms with Crippen molar-refractivity contribution in [1.82, 2.24) is 10.2 Å². The molecule has 1 saturated carbocycles. The molecule has 172 valence electrons. The first kappa shape index (κ1) is 20.7. The Bertz CT molecular complexity index is 1150. The number of methoxy groups -OCH3 is 1. The number of hydrogen-bond donors (Lipinski definition) is 2. The zero-order valence-electron chi connectivity index (χ0n) is 19.0. The Hall–Kier alpha value is -2.90. The Morgan fingerprint density at radius 3 is 2.64 bits per heavy atom. The lowest BCUT2D eigenvalue weighted by molar-refractivity contribution is -0.175. The van der Waals surface area contributed by atoms with Gasteiger partial charge in [0.1, 0.15) is 11.3 Å². The number of benzene rings is 2. The molecule has 4 aliphatic rings. The fourth-order valence-corrected chi connectivity index (χ4v) is 7.10. The highest BCUT2D eigenvalue weighted by Crippen LogP contribution is 2.61. The summed E-state index contributed by atoms with van der Waals surface area (Å²) in [6.07, 6.45) is 2.73. The Morgan fingerprint density at radius 2 is 1.88 bits per heavy atom. The quantitative estimate of drug-likeness (QED) is 0.692. The third kappa shape index (κ3) is 2.58. The number of carbonyl (C=O) groups is 2. The number of anilines is 1. The van der Waals surface area contributed by atoms with Crippen molar-refractivity contribution in [3.63, 3.8) is 0 Å². The number of aliphatic hydroxyl groups is 1. The normalized spacial score (nSPS) is 35.2. The van der Waals surface area contributed by atoms with Gasteiger partial charge in [-0.15, -0.1) is 0 Å². The van der Waals surface area contributed by atoms with Crippen molar-refractivity contribution < 1.29 is 19.4 Å². The predicted octanol–water partition coefficient (Wildman–Crippen LogP) is 2.60. The standard InChI is InChI=1S/C26H29N3O4/c1-28-13-12-24-16-25(22(30)29(23(31)27-25)18-6-4-3-5-7-18)10-11-26(24,32)21(28)14-17-8-9-19(33-2)15-20(17)24/h3-9,15,21,32H,10-14,16H2,1-2H3,(H,27,31)/t21-,24-,25+,26-/m1/s1. The van der Waals surface area contributed by atoms with E-state index < -0.39 is 16.6 Å². The van der Waals surface area contributed by atoms with Crippen LogP contribution in [0.15, 0.2) is 48.5 Å². The lowest BCUT2D eigenvalue weighted by Crippen LogP contribution is -2.75. The summed E-state index contributed by atoms with van der Waals surface area (Å²) in [5, 5.41) is 15.4. The maximum atomic E-state index is 13.9. The Balaban J connectivity index is 1.49. The van der Waals surface area contributed by atoms with Gasteiger partial charge in [-0.2, -0.15) is 0 Å². The van der Waals surface area contributed by atoms with Crippen LogP contribution in [0.4, 0.5) is 10.5 Å². The van der Waals surface area contributed by atoms with E-state index in [1.54, 1.807) is 19.2 Å². The molecule has 0 aromatic heterocycles. The van der Waals surface area contributed by atoms with E-state index in [1.165, 1.54) is 10.5 Å². The molecule has 2 aromatic rings. The summed E-state index contributed by atoms with van der Waals surface area (Å²) < 4.78 is 5.54. The van der Waals surface area contributed by atoms with E-state index in [9.17, 15) is 14.7 Å². The average molecular weight is 448 g/mol. The molecule has 2 aromatic carbocycles. The van der Waals surface area contributed by atoms with Gasteiger partial charge >= 0.3 is 6.03 Å². The Morgan fingerprint density at radius 1 is 1.09 bits per heavy atom. The molecule has 0 radical (unpaired) electrons. The van der Waals surface area contributed by atoms with Crippen LogP contribution in [0.25, 0.3) is 0 Å². The summed E-state index contributed by atoms with van der Waals surface area (Å²) in [5.41, 5.74) is 0.175. The number of likely N-dealkylation sites (N-methyl/N-ethyl adjacent to an activating group) is 1. The maximum Gasteiger partial charge on any atom is 0.329 e. The monoisotopic (exact) mass is 447 g/mol. The zero-order chi connectivity index (χ0) is 23.0. The van der Waals surface area contributed by atoms with E-state index in [-0.39, 0.29) is 18.0 Å². The number of urea groups is 1. The second-order valence-corrected chi connectivity index (χ2v) is 10.1. The number of nitrogens with one attached hydrogen (secondary N) is 1. The second-order valence-electron chi connectivity index (χ2n) is 10.1. The number of amides is 3. The van der Waals surface area contributed by atoms with Crippen molar-refractivity contribution in [3.8, 4) is 5.75 Å². The Labute approximate surface area is 193 Å². The van der Waals surface area contributed by atoms with Crippen LogP contribution in [-0.2, 0) is 16.6 Å². The summed E-state index contributed by atoms with van der Waals surface area (Å²) in [5.74, 6) is 0.524. The predicted molar refractivity (Wildman–Crippen MR) is 123 cm³/mol. The van der Waals surface area contributed by atoms with Crippen molar-refractivity contribution in [2.45, 2.75) is 54.7 Å². The molecule has 3 amide bonds. The van der Waals surface area contributed by atoms with Gasteiger partial charge in [0.25, 0.3) is 5.91 Å². The number of imide groups is 1. The van der Waals surface area contributed by atoms with Crippen LogP contribution in [0.2, 0.25) is 0 Å².